The third-order valence-corrected chi connectivity index (χ3v) is 5.34. The molecule has 0 aromatic carbocycles. The molecule has 24 heavy (non-hydrogen) atoms. The van der Waals surface area contributed by atoms with Gasteiger partial charge in [-0.3, -0.25) is 4.79 Å². The lowest BCUT2D eigenvalue weighted by Crippen LogP contribution is -2.36. The lowest BCUT2D eigenvalue weighted by atomic mass is 9.77. The van der Waals surface area contributed by atoms with Crippen molar-refractivity contribution in [2.45, 2.75) is 76.5 Å². The van der Waals surface area contributed by atoms with E-state index in [0.717, 1.165) is 32.1 Å². The van der Waals surface area contributed by atoms with E-state index in [1.54, 1.807) is 0 Å². The van der Waals surface area contributed by atoms with E-state index in [1.807, 2.05) is 0 Å². The molecular weight excluding hydrogens is 306 g/mol. The standard InChI is InChI=1S/C19H31NO4/c21-10-4-5-11-23-18-13-15(14-6-2-1-3-7-14)12-17(24-18)19(22)20-16-8-9-16/h12,14-16,18,21H,1-11,13H2,(H,20,22)/t15-,18+/m1/s1. The Morgan fingerprint density at radius 3 is 2.71 bits per heavy atom. The number of nitrogens with one attached hydrogen (secondary N) is 1. The minimum absolute atomic E-state index is 0.0815. The van der Waals surface area contributed by atoms with Crippen LogP contribution in [-0.2, 0) is 14.3 Å². The van der Waals surface area contributed by atoms with Crippen LogP contribution in [0.5, 0.6) is 0 Å². The Labute approximate surface area is 144 Å². The van der Waals surface area contributed by atoms with Crippen LogP contribution in [0.4, 0.5) is 0 Å². The fraction of sp³-hybridized carbons (Fsp3) is 0.842. The van der Waals surface area contributed by atoms with E-state index in [2.05, 4.69) is 11.4 Å². The number of hydrogen-bond acceptors (Lipinski definition) is 4. The summed E-state index contributed by atoms with van der Waals surface area (Å²) in [5, 5.41) is 11.9. The zero-order valence-electron chi connectivity index (χ0n) is 14.5. The molecule has 2 saturated carbocycles. The first kappa shape index (κ1) is 17.7. The summed E-state index contributed by atoms with van der Waals surface area (Å²) in [6, 6.07) is 0.334. The summed E-state index contributed by atoms with van der Waals surface area (Å²) < 4.78 is 11.7. The molecule has 1 aliphatic heterocycles. The highest BCUT2D eigenvalue weighted by atomic mass is 16.7. The molecule has 2 fully saturated rings. The third-order valence-electron chi connectivity index (χ3n) is 5.34. The maximum Gasteiger partial charge on any atom is 0.286 e. The Kier molecular flexibility index (Phi) is 6.55. The maximum absolute atomic E-state index is 12.4. The monoisotopic (exact) mass is 337 g/mol. The molecule has 3 rings (SSSR count). The first-order chi connectivity index (χ1) is 11.8. The normalized spacial score (nSPS) is 28.1. The van der Waals surface area contributed by atoms with Crippen LogP contribution >= 0.6 is 0 Å². The van der Waals surface area contributed by atoms with Crippen LogP contribution in [0, 0.1) is 11.8 Å². The van der Waals surface area contributed by atoms with Crippen molar-refractivity contribution >= 4 is 5.91 Å². The minimum atomic E-state index is -0.333. The number of unbranched alkanes of at least 4 members (excludes halogenated alkanes) is 1. The van der Waals surface area contributed by atoms with Crippen LogP contribution < -0.4 is 5.32 Å². The Balaban J connectivity index is 1.60. The molecule has 1 amide bonds. The zero-order valence-corrected chi connectivity index (χ0v) is 14.5. The number of carbonyl (C=O) groups excluding carboxylic acids is 1. The van der Waals surface area contributed by atoms with Crippen molar-refractivity contribution in [1.82, 2.24) is 5.32 Å². The molecule has 0 unspecified atom stereocenters. The Morgan fingerprint density at radius 2 is 2.00 bits per heavy atom. The summed E-state index contributed by atoms with van der Waals surface area (Å²) in [7, 11) is 0. The predicted octanol–water partition coefficient (Wildman–Crippen LogP) is 2.88. The van der Waals surface area contributed by atoms with Gasteiger partial charge in [0.2, 0.25) is 6.29 Å². The molecule has 5 heteroatoms. The summed E-state index contributed by atoms with van der Waals surface area (Å²) in [4.78, 5) is 12.4. The van der Waals surface area contributed by atoms with Gasteiger partial charge in [0.05, 0.1) is 6.61 Å². The SMILES string of the molecule is O=C(NC1CC1)C1=C[C@@H](C2CCCCC2)C[C@@H](OCCCCO)O1. The second-order valence-corrected chi connectivity index (χ2v) is 7.43. The lowest BCUT2D eigenvalue weighted by molar-refractivity contribution is -0.151. The summed E-state index contributed by atoms with van der Waals surface area (Å²) in [5.74, 6) is 1.40. The molecule has 1 heterocycles. The van der Waals surface area contributed by atoms with Gasteiger partial charge in [-0.1, -0.05) is 19.3 Å². The number of ether oxygens (including phenoxy) is 2. The molecule has 2 aliphatic carbocycles. The van der Waals surface area contributed by atoms with Crippen molar-refractivity contribution in [3.8, 4) is 0 Å². The van der Waals surface area contributed by atoms with Gasteiger partial charge in [-0.25, -0.2) is 0 Å². The highest BCUT2D eigenvalue weighted by Gasteiger charge is 2.34. The quantitative estimate of drug-likeness (QED) is 0.668. The number of carbonyl (C=O) groups is 1. The van der Waals surface area contributed by atoms with Crippen LogP contribution in [0.25, 0.3) is 0 Å². The Bertz CT molecular complexity index is 441. The van der Waals surface area contributed by atoms with Crippen LogP contribution in [0.2, 0.25) is 0 Å². The van der Waals surface area contributed by atoms with Gasteiger partial charge < -0.3 is 19.9 Å². The topological polar surface area (TPSA) is 67.8 Å². The van der Waals surface area contributed by atoms with Gasteiger partial charge in [0, 0.05) is 19.1 Å². The smallest absolute Gasteiger partial charge is 0.286 e. The Hall–Kier alpha value is -1.07. The van der Waals surface area contributed by atoms with E-state index in [-0.39, 0.29) is 18.8 Å². The number of aliphatic hydroxyl groups is 1. The van der Waals surface area contributed by atoms with E-state index in [1.165, 1.54) is 32.1 Å². The fourth-order valence-corrected chi connectivity index (χ4v) is 3.75. The summed E-state index contributed by atoms with van der Waals surface area (Å²) in [6.07, 6.45) is 12.7. The van der Waals surface area contributed by atoms with Crippen molar-refractivity contribution < 1.29 is 19.4 Å². The number of aliphatic hydroxyl groups excluding tert-OH is 1. The minimum Gasteiger partial charge on any atom is -0.459 e. The lowest BCUT2D eigenvalue weighted by Gasteiger charge is -2.35. The van der Waals surface area contributed by atoms with Crippen molar-refractivity contribution in [3.05, 3.63) is 11.8 Å². The molecule has 0 radical (unpaired) electrons. The number of allylic oxidation sites excluding steroid dienone is 1. The van der Waals surface area contributed by atoms with E-state index in [9.17, 15) is 4.79 Å². The van der Waals surface area contributed by atoms with Gasteiger partial charge in [-0.2, -0.15) is 0 Å². The van der Waals surface area contributed by atoms with E-state index in [4.69, 9.17) is 14.6 Å². The number of amides is 1. The summed E-state index contributed by atoms with van der Waals surface area (Å²) in [5.41, 5.74) is 0. The van der Waals surface area contributed by atoms with Crippen molar-refractivity contribution in [3.63, 3.8) is 0 Å². The highest BCUT2D eigenvalue weighted by Crippen LogP contribution is 2.37. The molecule has 2 atom stereocenters. The van der Waals surface area contributed by atoms with Gasteiger partial charge in [-0.05, 0) is 56.4 Å². The fourth-order valence-electron chi connectivity index (χ4n) is 3.75. The molecule has 3 aliphatic rings. The van der Waals surface area contributed by atoms with E-state index >= 15 is 0 Å². The van der Waals surface area contributed by atoms with Crippen LogP contribution in [-0.4, -0.2) is 36.6 Å². The molecule has 0 bridgehead atoms. The van der Waals surface area contributed by atoms with Crippen LogP contribution in [0.3, 0.4) is 0 Å². The Morgan fingerprint density at radius 1 is 1.21 bits per heavy atom. The molecule has 0 aromatic heterocycles. The first-order valence-electron chi connectivity index (χ1n) is 9.68. The average molecular weight is 337 g/mol. The van der Waals surface area contributed by atoms with Crippen molar-refractivity contribution in [2.24, 2.45) is 11.8 Å². The molecule has 0 spiro atoms. The summed E-state index contributed by atoms with van der Waals surface area (Å²) >= 11 is 0. The highest BCUT2D eigenvalue weighted by molar-refractivity contribution is 5.92. The molecule has 5 nitrogen and oxygen atoms in total. The van der Waals surface area contributed by atoms with Gasteiger partial charge >= 0.3 is 0 Å². The zero-order chi connectivity index (χ0) is 16.8. The second kappa shape index (κ2) is 8.86. The van der Waals surface area contributed by atoms with Crippen LogP contribution in [0.1, 0.15) is 64.2 Å². The van der Waals surface area contributed by atoms with Crippen molar-refractivity contribution in [1.29, 1.82) is 0 Å². The maximum atomic E-state index is 12.4. The summed E-state index contributed by atoms with van der Waals surface area (Å²) in [6.45, 7) is 0.759. The van der Waals surface area contributed by atoms with E-state index < -0.39 is 0 Å². The van der Waals surface area contributed by atoms with Gasteiger partial charge in [0.25, 0.3) is 5.91 Å². The molecular formula is C19H31NO4. The molecule has 136 valence electrons. The second-order valence-electron chi connectivity index (χ2n) is 7.43. The largest absolute Gasteiger partial charge is 0.459 e. The van der Waals surface area contributed by atoms with E-state index in [0.29, 0.717) is 30.2 Å². The van der Waals surface area contributed by atoms with Crippen molar-refractivity contribution in [2.75, 3.05) is 13.2 Å². The van der Waals surface area contributed by atoms with Gasteiger partial charge in [0.15, 0.2) is 5.76 Å². The molecule has 0 saturated heterocycles. The average Bonchev–Trinajstić information content (AvgIpc) is 3.43. The molecule has 2 N–H and O–H groups in total. The van der Waals surface area contributed by atoms with Gasteiger partial charge in [-0.15, -0.1) is 0 Å². The predicted molar refractivity (Wildman–Crippen MR) is 91.1 cm³/mol. The number of hydrogen-bond donors (Lipinski definition) is 2. The number of rotatable bonds is 8. The first-order valence-corrected chi connectivity index (χ1v) is 9.68. The van der Waals surface area contributed by atoms with Gasteiger partial charge in [0.1, 0.15) is 0 Å². The molecule has 0 aromatic rings. The van der Waals surface area contributed by atoms with Crippen LogP contribution in [0.15, 0.2) is 11.8 Å². The third kappa shape index (κ3) is 5.21.